The van der Waals surface area contributed by atoms with Crippen LogP contribution in [-0.2, 0) is 10.5 Å². The van der Waals surface area contributed by atoms with Crippen LogP contribution >= 0.6 is 11.8 Å². The van der Waals surface area contributed by atoms with Crippen LogP contribution in [0.5, 0.6) is 0 Å². The largest absolute Gasteiger partial charge is 0.325 e. The van der Waals surface area contributed by atoms with Crippen molar-refractivity contribution in [1.82, 2.24) is 10.2 Å². The van der Waals surface area contributed by atoms with E-state index in [0.717, 1.165) is 22.3 Å². The van der Waals surface area contributed by atoms with E-state index in [-0.39, 0.29) is 5.91 Å². The number of nitrogens with one attached hydrogen (secondary N) is 2. The second-order valence-corrected chi connectivity index (χ2v) is 6.18. The molecule has 0 spiro atoms. The Labute approximate surface area is 133 Å². The van der Waals surface area contributed by atoms with Gasteiger partial charge in [-0.3, -0.25) is 9.89 Å². The van der Waals surface area contributed by atoms with Gasteiger partial charge in [0.15, 0.2) is 0 Å². The number of thioether (sulfide) groups is 1. The number of hydrogen-bond donors (Lipinski definition) is 2. The minimum atomic E-state index is 0.0138. The molecule has 0 aliphatic rings. The lowest BCUT2D eigenvalue weighted by Gasteiger charge is -2.06. The number of carbonyl (C=O) groups excluding carboxylic acids is 1. The molecule has 1 aromatic heterocycles. The number of H-pyrrole nitrogens is 1. The van der Waals surface area contributed by atoms with Crippen LogP contribution in [0.1, 0.15) is 11.1 Å². The Balaban J connectivity index is 1.50. The molecule has 1 heterocycles. The first-order valence-corrected chi connectivity index (χ1v) is 8.22. The van der Waals surface area contributed by atoms with Gasteiger partial charge in [-0.2, -0.15) is 5.10 Å². The van der Waals surface area contributed by atoms with E-state index in [9.17, 15) is 4.79 Å². The summed E-state index contributed by atoms with van der Waals surface area (Å²) in [5, 5.41) is 10.8. The Morgan fingerprint density at radius 3 is 2.86 bits per heavy atom. The third kappa shape index (κ3) is 3.68. The van der Waals surface area contributed by atoms with E-state index in [0.29, 0.717) is 5.75 Å². The van der Waals surface area contributed by atoms with Crippen molar-refractivity contribution in [3.05, 3.63) is 59.8 Å². The first-order valence-electron chi connectivity index (χ1n) is 7.07. The summed E-state index contributed by atoms with van der Waals surface area (Å²) in [5.41, 5.74) is 4.26. The molecule has 0 aliphatic heterocycles. The molecule has 0 bridgehead atoms. The van der Waals surface area contributed by atoms with Crippen molar-refractivity contribution >= 4 is 34.3 Å². The van der Waals surface area contributed by atoms with E-state index in [1.165, 1.54) is 11.1 Å². The molecule has 3 aromatic rings. The summed E-state index contributed by atoms with van der Waals surface area (Å²) in [6.07, 6.45) is 1.75. The van der Waals surface area contributed by atoms with Crippen molar-refractivity contribution < 1.29 is 4.79 Å². The molecule has 0 unspecified atom stereocenters. The number of amides is 1. The van der Waals surface area contributed by atoms with Crippen molar-refractivity contribution in [2.24, 2.45) is 0 Å². The summed E-state index contributed by atoms with van der Waals surface area (Å²) < 4.78 is 0. The Morgan fingerprint density at radius 2 is 2.05 bits per heavy atom. The van der Waals surface area contributed by atoms with E-state index in [2.05, 4.69) is 46.7 Å². The molecule has 0 saturated heterocycles. The van der Waals surface area contributed by atoms with Crippen molar-refractivity contribution in [3.63, 3.8) is 0 Å². The van der Waals surface area contributed by atoms with Gasteiger partial charge in [0.1, 0.15) is 0 Å². The molecule has 0 aliphatic carbocycles. The summed E-state index contributed by atoms with van der Waals surface area (Å²) >= 11 is 1.61. The molecule has 1 amide bonds. The lowest BCUT2D eigenvalue weighted by Crippen LogP contribution is -2.14. The highest BCUT2D eigenvalue weighted by atomic mass is 32.2. The zero-order valence-electron chi connectivity index (χ0n) is 12.3. The van der Waals surface area contributed by atoms with Crippen LogP contribution < -0.4 is 5.32 Å². The van der Waals surface area contributed by atoms with Crippen LogP contribution in [0, 0.1) is 6.92 Å². The molecule has 5 heteroatoms. The fraction of sp³-hybridized carbons (Fsp3) is 0.176. The van der Waals surface area contributed by atoms with Crippen LogP contribution in [0.4, 0.5) is 5.69 Å². The van der Waals surface area contributed by atoms with Crippen molar-refractivity contribution in [3.8, 4) is 0 Å². The Kier molecular flexibility index (Phi) is 4.44. The Morgan fingerprint density at radius 1 is 1.23 bits per heavy atom. The topological polar surface area (TPSA) is 57.8 Å². The highest BCUT2D eigenvalue weighted by Gasteiger charge is 2.04. The van der Waals surface area contributed by atoms with Crippen LogP contribution in [0.3, 0.4) is 0 Å². The first-order chi connectivity index (χ1) is 10.7. The summed E-state index contributed by atoms with van der Waals surface area (Å²) in [6, 6.07) is 14.1. The minimum Gasteiger partial charge on any atom is -0.325 e. The molecular formula is C17H17N3OS. The van der Waals surface area contributed by atoms with E-state index < -0.39 is 0 Å². The zero-order valence-corrected chi connectivity index (χ0v) is 13.1. The van der Waals surface area contributed by atoms with Gasteiger partial charge in [-0.25, -0.2) is 0 Å². The van der Waals surface area contributed by atoms with Gasteiger partial charge in [0, 0.05) is 16.8 Å². The standard InChI is InChI=1S/C17H17N3OS/c1-12-2-4-13(5-3-12)10-22-11-17(21)19-15-6-7-16-14(8-15)9-18-20-16/h2-9H,10-11H2,1H3,(H,18,20)(H,19,21). The normalized spacial score (nSPS) is 10.8. The number of nitrogens with zero attached hydrogens (tertiary/aromatic N) is 1. The SMILES string of the molecule is Cc1ccc(CSCC(=O)Nc2ccc3[nH]ncc3c2)cc1. The minimum absolute atomic E-state index is 0.0138. The number of aromatic amines is 1. The average molecular weight is 311 g/mol. The number of benzene rings is 2. The Bertz CT molecular complexity index is 780. The maximum absolute atomic E-state index is 12.0. The molecule has 2 aromatic carbocycles. The number of carbonyl (C=O) groups is 1. The smallest absolute Gasteiger partial charge is 0.234 e. The maximum Gasteiger partial charge on any atom is 0.234 e. The van der Waals surface area contributed by atoms with Crippen molar-refractivity contribution in [1.29, 1.82) is 0 Å². The average Bonchev–Trinajstić information content (AvgIpc) is 2.97. The summed E-state index contributed by atoms with van der Waals surface area (Å²) in [4.78, 5) is 12.0. The van der Waals surface area contributed by atoms with E-state index in [1.807, 2.05) is 18.2 Å². The van der Waals surface area contributed by atoms with Crippen molar-refractivity contribution in [2.75, 3.05) is 11.1 Å². The van der Waals surface area contributed by atoms with E-state index in [4.69, 9.17) is 0 Å². The van der Waals surface area contributed by atoms with Gasteiger partial charge in [-0.15, -0.1) is 11.8 Å². The fourth-order valence-corrected chi connectivity index (χ4v) is 2.95. The van der Waals surface area contributed by atoms with Gasteiger partial charge in [-0.05, 0) is 30.7 Å². The molecule has 3 rings (SSSR count). The zero-order chi connectivity index (χ0) is 15.4. The second-order valence-electron chi connectivity index (χ2n) is 5.20. The number of anilines is 1. The monoisotopic (exact) mass is 311 g/mol. The molecular weight excluding hydrogens is 294 g/mol. The quantitative estimate of drug-likeness (QED) is 0.754. The Hall–Kier alpha value is -2.27. The van der Waals surface area contributed by atoms with Crippen LogP contribution in [0.15, 0.2) is 48.7 Å². The third-order valence-electron chi connectivity index (χ3n) is 3.35. The highest BCUT2D eigenvalue weighted by molar-refractivity contribution is 7.99. The van der Waals surface area contributed by atoms with Gasteiger partial charge < -0.3 is 5.32 Å². The fourth-order valence-electron chi connectivity index (χ4n) is 2.16. The van der Waals surface area contributed by atoms with Gasteiger partial charge in [0.2, 0.25) is 5.91 Å². The summed E-state index contributed by atoms with van der Waals surface area (Å²) in [5.74, 6) is 1.30. The van der Waals surface area contributed by atoms with Gasteiger partial charge in [0.05, 0.1) is 17.5 Å². The molecule has 4 nitrogen and oxygen atoms in total. The second kappa shape index (κ2) is 6.66. The number of aryl methyl sites for hydroxylation is 1. The third-order valence-corrected chi connectivity index (χ3v) is 4.35. The highest BCUT2D eigenvalue weighted by Crippen LogP contribution is 2.18. The van der Waals surface area contributed by atoms with Gasteiger partial charge in [0.25, 0.3) is 0 Å². The maximum atomic E-state index is 12.0. The summed E-state index contributed by atoms with van der Waals surface area (Å²) in [7, 11) is 0. The van der Waals surface area contributed by atoms with Gasteiger partial charge >= 0.3 is 0 Å². The lowest BCUT2D eigenvalue weighted by atomic mass is 10.2. The molecule has 0 atom stereocenters. The van der Waals surface area contributed by atoms with E-state index in [1.54, 1.807) is 18.0 Å². The number of fused-ring (bicyclic) bond motifs is 1. The van der Waals surface area contributed by atoms with E-state index >= 15 is 0 Å². The number of aromatic nitrogens is 2. The number of hydrogen-bond acceptors (Lipinski definition) is 3. The molecule has 112 valence electrons. The lowest BCUT2D eigenvalue weighted by molar-refractivity contribution is -0.113. The van der Waals surface area contributed by atoms with Crippen molar-refractivity contribution in [2.45, 2.75) is 12.7 Å². The van der Waals surface area contributed by atoms with Gasteiger partial charge in [-0.1, -0.05) is 29.8 Å². The molecule has 2 N–H and O–H groups in total. The molecule has 0 radical (unpaired) electrons. The molecule has 0 fully saturated rings. The molecule has 22 heavy (non-hydrogen) atoms. The molecule has 0 saturated carbocycles. The first kappa shape index (κ1) is 14.7. The number of rotatable bonds is 5. The predicted molar refractivity (Wildman–Crippen MR) is 92.1 cm³/mol. The van der Waals surface area contributed by atoms with Crippen LogP contribution in [-0.4, -0.2) is 21.9 Å². The van der Waals surface area contributed by atoms with Crippen LogP contribution in [0.25, 0.3) is 10.9 Å². The van der Waals surface area contributed by atoms with Crippen LogP contribution in [0.2, 0.25) is 0 Å². The predicted octanol–water partition coefficient (Wildman–Crippen LogP) is 3.74. The summed E-state index contributed by atoms with van der Waals surface area (Å²) in [6.45, 7) is 2.07.